The first-order valence-corrected chi connectivity index (χ1v) is 7.45. The van der Waals surface area contributed by atoms with Gasteiger partial charge in [0.1, 0.15) is 0 Å². The lowest BCUT2D eigenvalue weighted by molar-refractivity contribution is 0.0943. The maximum Gasteiger partial charge on any atom is 0.176 e. The molecule has 2 rings (SSSR count). The number of carbonyl (C=O) groups excluding carboxylic acids is 1. The van der Waals surface area contributed by atoms with Gasteiger partial charge in [0.05, 0.1) is 6.54 Å². The molecule has 2 aromatic rings. The first-order valence-electron chi connectivity index (χ1n) is 6.51. The van der Waals surface area contributed by atoms with Crippen molar-refractivity contribution < 1.29 is 4.79 Å². The van der Waals surface area contributed by atoms with E-state index in [-0.39, 0.29) is 5.78 Å². The van der Waals surface area contributed by atoms with Gasteiger partial charge in [-0.25, -0.2) is 0 Å². The molecule has 0 spiro atoms. The standard InChI is InChI=1S/C16H19NOS/c1-3-13-4-6-15(7-5-13)16(18)11-17(2)10-14-8-9-19-12-14/h4-9,12H,3,10-11H2,1-2H3. The van der Waals surface area contributed by atoms with Crippen molar-refractivity contribution in [2.24, 2.45) is 0 Å². The van der Waals surface area contributed by atoms with Crippen LogP contribution in [0.1, 0.15) is 28.4 Å². The van der Waals surface area contributed by atoms with Gasteiger partial charge in [-0.1, -0.05) is 31.2 Å². The Hall–Kier alpha value is -1.45. The normalized spacial score (nSPS) is 10.9. The summed E-state index contributed by atoms with van der Waals surface area (Å²) in [5.41, 5.74) is 3.33. The monoisotopic (exact) mass is 273 g/mol. The highest BCUT2D eigenvalue weighted by molar-refractivity contribution is 7.07. The summed E-state index contributed by atoms with van der Waals surface area (Å²) in [5.74, 6) is 0.181. The van der Waals surface area contributed by atoms with Crippen LogP contribution in [0.4, 0.5) is 0 Å². The highest BCUT2D eigenvalue weighted by atomic mass is 32.1. The largest absolute Gasteiger partial charge is 0.295 e. The van der Waals surface area contributed by atoms with Crippen LogP contribution in [0.3, 0.4) is 0 Å². The Balaban J connectivity index is 1.92. The highest BCUT2D eigenvalue weighted by Crippen LogP contribution is 2.10. The van der Waals surface area contributed by atoms with Crippen LogP contribution in [0.5, 0.6) is 0 Å². The molecule has 0 saturated carbocycles. The third-order valence-corrected chi connectivity index (χ3v) is 3.86. The number of nitrogens with zero attached hydrogens (tertiary/aromatic N) is 1. The molecule has 3 heteroatoms. The molecule has 0 atom stereocenters. The Morgan fingerprint density at radius 2 is 1.89 bits per heavy atom. The zero-order chi connectivity index (χ0) is 13.7. The fourth-order valence-corrected chi connectivity index (χ4v) is 2.67. The molecule has 0 saturated heterocycles. The highest BCUT2D eigenvalue weighted by Gasteiger charge is 2.09. The van der Waals surface area contributed by atoms with Gasteiger partial charge in [-0.2, -0.15) is 11.3 Å². The summed E-state index contributed by atoms with van der Waals surface area (Å²) in [6.07, 6.45) is 1.01. The van der Waals surface area contributed by atoms with Crippen molar-refractivity contribution >= 4 is 17.1 Å². The van der Waals surface area contributed by atoms with Gasteiger partial charge in [0.2, 0.25) is 0 Å². The van der Waals surface area contributed by atoms with E-state index in [4.69, 9.17) is 0 Å². The molecule has 2 nitrogen and oxygen atoms in total. The number of likely N-dealkylation sites (N-methyl/N-ethyl adjacent to an activating group) is 1. The smallest absolute Gasteiger partial charge is 0.176 e. The van der Waals surface area contributed by atoms with E-state index in [2.05, 4.69) is 28.7 Å². The molecule has 0 aliphatic heterocycles. The molecule has 0 aliphatic rings. The number of thiophene rings is 1. The van der Waals surface area contributed by atoms with E-state index in [1.165, 1.54) is 11.1 Å². The van der Waals surface area contributed by atoms with Gasteiger partial charge in [0.25, 0.3) is 0 Å². The molecule has 19 heavy (non-hydrogen) atoms. The molecule has 100 valence electrons. The number of hydrogen-bond donors (Lipinski definition) is 0. The lowest BCUT2D eigenvalue weighted by atomic mass is 10.1. The maximum absolute atomic E-state index is 12.1. The lowest BCUT2D eigenvalue weighted by Crippen LogP contribution is -2.25. The molecular formula is C16H19NOS. The Kier molecular flexibility index (Phi) is 4.88. The quantitative estimate of drug-likeness (QED) is 0.749. The molecular weight excluding hydrogens is 254 g/mol. The first kappa shape index (κ1) is 14.0. The van der Waals surface area contributed by atoms with Gasteiger partial charge in [0.15, 0.2) is 5.78 Å². The molecule has 0 unspecified atom stereocenters. The Morgan fingerprint density at radius 3 is 2.47 bits per heavy atom. The maximum atomic E-state index is 12.1. The molecule has 0 radical (unpaired) electrons. The number of ketones is 1. The van der Waals surface area contributed by atoms with Crippen LogP contribution >= 0.6 is 11.3 Å². The van der Waals surface area contributed by atoms with E-state index in [1.807, 2.05) is 31.3 Å². The van der Waals surface area contributed by atoms with E-state index >= 15 is 0 Å². The minimum Gasteiger partial charge on any atom is -0.295 e. The fourth-order valence-electron chi connectivity index (χ4n) is 2.01. The Morgan fingerprint density at radius 1 is 1.16 bits per heavy atom. The number of Topliss-reactive ketones (excluding diaryl/α,β-unsaturated/α-hetero) is 1. The van der Waals surface area contributed by atoms with Crippen molar-refractivity contribution in [3.8, 4) is 0 Å². The van der Waals surface area contributed by atoms with E-state index in [1.54, 1.807) is 11.3 Å². The van der Waals surface area contributed by atoms with Crippen molar-refractivity contribution in [3.63, 3.8) is 0 Å². The van der Waals surface area contributed by atoms with Crippen LogP contribution in [0.25, 0.3) is 0 Å². The summed E-state index contributed by atoms with van der Waals surface area (Å²) in [7, 11) is 1.98. The van der Waals surface area contributed by atoms with Crippen molar-refractivity contribution in [1.29, 1.82) is 0 Å². The number of rotatable bonds is 6. The molecule has 0 aliphatic carbocycles. The van der Waals surface area contributed by atoms with E-state index < -0.39 is 0 Å². The minimum atomic E-state index is 0.181. The summed E-state index contributed by atoms with van der Waals surface area (Å²) in [5, 5.41) is 4.19. The van der Waals surface area contributed by atoms with Gasteiger partial charge in [0, 0.05) is 12.1 Å². The third kappa shape index (κ3) is 4.01. The van der Waals surface area contributed by atoms with Crippen molar-refractivity contribution in [2.75, 3.05) is 13.6 Å². The van der Waals surface area contributed by atoms with Crippen LogP contribution in [0.15, 0.2) is 41.1 Å². The predicted octanol–water partition coefficient (Wildman–Crippen LogP) is 3.63. The second-order valence-electron chi connectivity index (χ2n) is 4.78. The fraction of sp³-hybridized carbons (Fsp3) is 0.312. The summed E-state index contributed by atoms with van der Waals surface area (Å²) in [4.78, 5) is 14.2. The second-order valence-corrected chi connectivity index (χ2v) is 5.56. The van der Waals surface area contributed by atoms with E-state index in [9.17, 15) is 4.79 Å². The van der Waals surface area contributed by atoms with Crippen LogP contribution < -0.4 is 0 Å². The van der Waals surface area contributed by atoms with Crippen molar-refractivity contribution in [3.05, 3.63) is 57.8 Å². The first-order chi connectivity index (χ1) is 9.19. The number of aryl methyl sites for hydroxylation is 1. The van der Waals surface area contributed by atoms with Crippen LogP contribution in [0, 0.1) is 0 Å². The van der Waals surface area contributed by atoms with Gasteiger partial charge in [-0.15, -0.1) is 0 Å². The van der Waals surface area contributed by atoms with E-state index in [0.29, 0.717) is 6.54 Å². The molecule has 1 aromatic carbocycles. The number of benzene rings is 1. The van der Waals surface area contributed by atoms with E-state index in [0.717, 1.165) is 18.5 Å². The molecule has 1 aromatic heterocycles. The van der Waals surface area contributed by atoms with Crippen LogP contribution in [-0.4, -0.2) is 24.3 Å². The minimum absolute atomic E-state index is 0.181. The zero-order valence-corrected chi connectivity index (χ0v) is 12.2. The lowest BCUT2D eigenvalue weighted by Gasteiger charge is -2.14. The summed E-state index contributed by atoms with van der Waals surface area (Å²) < 4.78 is 0. The van der Waals surface area contributed by atoms with Gasteiger partial charge >= 0.3 is 0 Å². The summed E-state index contributed by atoms with van der Waals surface area (Å²) in [6.45, 7) is 3.40. The topological polar surface area (TPSA) is 20.3 Å². The average molecular weight is 273 g/mol. The predicted molar refractivity (Wildman–Crippen MR) is 80.8 cm³/mol. The molecule has 1 heterocycles. The Labute approximate surface area is 118 Å². The Bertz CT molecular complexity index is 516. The zero-order valence-electron chi connectivity index (χ0n) is 11.4. The second kappa shape index (κ2) is 6.64. The number of hydrogen-bond acceptors (Lipinski definition) is 3. The van der Waals surface area contributed by atoms with Gasteiger partial charge in [-0.3, -0.25) is 9.69 Å². The van der Waals surface area contributed by atoms with Gasteiger partial charge < -0.3 is 0 Å². The summed E-state index contributed by atoms with van der Waals surface area (Å²) in [6, 6.07) is 10.0. The van der Waals surface area contributed by atoms with Gasteiger partial charge in [-0.05, 0) is 41.4 Å². The average Bonchev–Trinajstić information content (AvgIpc) is 2.91. The van der Waals surface area contributed by atoms with Crippen LogP contribution in [0.2, 0.25) is 0 Å². The van der Waals surface area contributed by atoms with Crippen molar-refractivity contribution in [2.45, 2.75) is 19.9 Å². The molecule has 0 bridgehead atoms. The third-order valence-electron chi connectivity index (χ3n) is 3.13. The van der Waals surface area contributed by atoms with Crippen molar-refractivity contribution in [1.82, 2.24) is 4.90 Å². The summed E-state index contributed by atoms with van der Waals surface area (Å²) >= 11 is 1.69. The molecule has 0 fully saturated rings. The SMILES string of the molecule is CCc1ccc(C(=O)CN(C)Cc2ccsc2)cc1. The number of carbonyl (C=O) groups is 1. The molecule has 0 N–H and O–H groups in total. The van der Waals surface area contributed by atoms with Crippen LogP contribution in [-0.2, 0) is 13.0 Å². The molecule has 0 amide bonds.